The maximum Gasteiger partial charge on any atom is 0.317 e. The van der Waals surface area contributed by atoms with E-state index in [1.165, 1.54) is 17.0 Å². The van der Waals surface area contributed by atoms with Crippen molar-refractivity contribution in [3.8, 4) is 0 Å². The monoisotopic (exact) mass is 350 g/mol. The summed E-state index contributed by atoms with van der Waals surface area (Å²) in [5, 5.41) is 7.24. The lowest BCUT2D eigenvalue weighted by atomic mass is 10.2. The molecule has 0 bridgehead atoms. The third kappa shape index (κ3) is 5.27. The summed E-state index contributed by atoms with van der Waals surface area (Å²) < 4.78 is 28.5. The summed E-state index contributed by atoms with van der Waals surface area (Å²) in [7, 11) is 1.57. The van der Waals surface area contributed by atoms with Gasteiger partial charge in [0.1, 0.15) is 11.6 Å². The second-order valence-electron chi connectivity index (χ2n) is 6.49. The summed E-state index contributed by atoms with van der Waals surface area (Å²) in [5.41, 5.74) is 2.32. The number of urea groups is 1. The van der Waals surface area contributed by atoms with Gasteiger partial charge in [0.05, 0.1) is 5.69 Å². The molecule has 0 fully saturated rings. The highest BCUT2D eigenvalue weighted by atomic mass is 19.1. The van der Waals surface area contributed by atoms with Crippen LogP contribution in [-0.4, -0.2) is 34.3 Å². The van der Waals surface area contributed by atoms with Crippen LogP contribution in [0.25, 0.3) is 0 Å². The van der Waals surface area contributed by atoms with E-state index in [-0.39, 0.29) is 24.1 Å². The number of rotatable bonds is 6. The van der Waals surface area contributed by atoms with Gasteiger partial charge in [-0.15, -0.1) is 0 Å². The molecule has 0 spiro atoms. The van der Waals surface area contributed by atoms with E-state index in [4.69, 9.17) is 0 Å². The number of aromatic nitrogens is 2. The Morgan fingerprint density at radius 1 is 1.32 bits per heavy atom. The zero-order valence-corrected chi connectivity index (χ0v) is 15.0. The normalized spacial score (nSPS) is 12.1. The van der Waals surface area contributed by atoms with E-state index in [1.807, 2.05) is 31.5 Å². The van der Waals surface area contributed by atoms with Gasteiger partial charge >= 0.3 is 6.03 Å². The minimum absolute atomic E-state index is 0.0732. The molecule has 1 N–H and O–H groups in total. The van der Waals surface area contributed by atoms with Gasteiger partial charge in [-0.05, 0) is 31.9 Å². The summed E-state index contributed by atoms with van der Waals surface area (Å²) in [5.74, 6) is -1.10. The van der Waals surface area contributed by atoms with Gasteiger partial charge in [0.25, 0.3) is 0 Å². The van der Waals surface area contributed by atoms with E-state index in [1.54, 1.807) is 7.05 Å². The first-order chi connectivity index (χ1) is 11.8. The highest BCUT2D eigenvalue weighted by Crippen LogP contribution is 2.12. The van der Waals surface area contributed by atoms with E-state index in [9.17, 15) is 13.6 Å². The van der Waals surface area contributed by atoms with Gasteiger partial charge in [0, 0.05) is 44.0 Å². The zero-order chi connectivity index (χ0) is 18.6. The third-order valence-electron chi connectivity index (χ3n) is 3.96. The Labute approximate surface area is 146 Å². The van der Waals surface area contributed by atoms with Crippen LogP contribution in [0.5, 0.6) is 0 Å². The second-order valence-corrected chi connectivity index (χ2v) is 6.49. The average Bonchev–Trinajstić information content (AvgIpc) is 2.85. The largest absolute Gasteiger partial charge is 0.338 e. The minimum Gasteiger partial charge on any atom is -0.338 e. The van der Waals surface area contributed by atoms with Crippen molar-refractivity contribution in [2.24, 2.45) is 5.92 Å². The molecule has 0 radical (unpaired) electrons. The second kappa shape index (κ2) is 8.09. The number of benzene rings is 1. The molecule has 1 aromatic heterocycles. The molecular weight excluding hydrogens is 326 g/mol. The predicted molar refractivity (Wildman–Crippen MR) is 92.1 cm³/mol. The number of carbonyl (C=O) groups excluding carboxylic acids is 1. The first-order valence-electron chi connectivity index (χ1n) is 8.20. The third-order valence-corrected chi connectivity index (χ3v) is 3.96. The molecule has 0 aliphatic rings. The van der Waals surface area contributed by atoms with Gasteiger partial charge < -0.3 is 10.2 Å². The van der Waals surface area contributed by atoms with Crippen molar-refractivity contribution in [3.05, 3.63) is 52.9 Å². The van der Waals surface area contributed by atoms with Gasteiger partial charge in [-0.1, -0.05) is 13.0 Å². The van der Waals surface area contributed by atoms with Crippen molar-refractivity contribution in [2.45, 2.75) is 33.9 Å². The average molecular weight is 350 g/mol. The molecule has 1 atom stereocenters. The highest BCUT2D eigenvalue weighted by molar-refractivity contribution is 5.73. The lowest BCUT2D eigenvalue weighted by Gasteiger charge is -2.20. The number of hydrogen-bond donors (Lipinski definition) is 1. The Hall–Kier alpha value is -2.44. The lowest BCUT2D eigenvalue weighted by Crippen LogP contribution is -2.39. The van der Waals surface area contributed by atoms with Crippen LogP contribution in [0.3, 0.4) is 0 Å². The summed E-state index contributed by atoms with van der Waals surface area (Å²) >= 11 is 0. The molecule has 1 aromatic carbocycles. The minimum atomic E-state index is -0.655. The van der Waals surface area contributed by atoms with Crippen LogP contribution in [0.4, 0.5) is 13.6 Å². The van der Waals surface area contributed by atoms with Crippen LogP contribution in [0.1, 0.15) is 23.9 Å². The molecule has 136 valence electrons. The zero-order valence-electron chi connectivity index (χ0n) is 15.0. The molecule has 2 rings (SSSR count). The van der Waals surface area contributed by atoms with Crippen molar-refractivity contribution in [1.29, 1.82) is 0 Å². The molecule has 0 aliphatic heterocycles. The van der Waals surface area contributed by atoms with Gasteiger partial charge in [0.15, 0.2) is 0 Å². The van der Waals surface area contributed by atoms with Crippen molar-refractivity contribution in [1.82, 2.24) is 20.0 Å². The van der Waals surface area contributed by atoms with Crippen molar-refractivity contribution < 1.29 is 13.6 Å². The van der Waals surface area contributed by atoms with E-state index in [0.717, 1.165) is 17.5 Å². The smallest absolute Gasteiger partial charge is 0.317 e. The standard InChI is InChI=1S/C18H24F2N4O/c1-12(10-24-14(3)7-13(2)22-24)9-21-18(25)23(4)11-15-5-6-16(19)8-17(15)20/h5-8,12H,9-11H2,1-4H3,(H,21,25). The summed E-state index contributed by atoms with van der Waals surface area (Å²) in [4.78, 5) is 13.5. The van der Waals surface area contributed by atoms with Crippen LogP contribution < -0.4 is 5.32 Å². The Balaban J connectivity index is 1.83. The Morgan fingerprint density at radius 2 is 2.04 bits per heavy atom. The van der Waals surface area contributed by atoms with Crippen molar-refractivity contribution >= 4 is 6.03 Å². The molecular formula is C18H24F2N4O. The molecule has 7 heteroatoms. The first kappa shape index (κ1) is 18.9. The highest BCUT2D eigenvalue weighted by Gasteiger charge is 2.14. The SMILES string of the molecule is Cc1cc(C)n(CC(C)CNC(=O)N(C)Cc2ccc(F)cc2F)n1. The molecule has 1 heterocycles. The molecule has 2 amide bonds. The van der Waals surface area contributed by atoms with E-state index < -0.39 is 11.6 Å². The van der Waals surface area contributed by atoms with Crippen LogP contribution in [-0.2, 0) is 13.1 Å². The van der Waals surface area contributed by atoms with Gasteiger partial charge in [-0.2, -0.15) is 5.10 Å². The van der Waals surface area contributed by atoms with Gasteiger partial charge in [-0.3, -0.25) is 4.68 Å². The maximum atomic E-state index is 13.7. The van der Waals surface area contributed by atoms with Gasteiger partial charge in [-0.25, -0.2) is 13.6 Å². The van der Waals surface area contributed by atoms with Crippen molar-refractivity contribution in [2.75, 3.05) is 13.6 Å². The molecule has 5 nitrogen and oxygen atoms in total. The fourth-order valence-corrected chi connectivity index (χ4v) is 2.59. The Morgan fingerprint density at radius 3 is 2.64 bits per heavy atom. The Bertz CT molecular complexity index is 745. The summed E-state index contributed by atoms with van der Waals surface area (Å²) in [6.07, 6.45) is 0. The number of aryl methyl sites for hydroxylation is 2. The Kier molecular flexibility index (Phi) is 6.12. The number of nitrogens with one attached hydrogen (secondary N) is 1. The van der Waals surface area contributed by atoms with Crippen LogP contribution in [0.15, 0.2) is 24.3 Å². The molecule has 0 saturated carbocycles. The number of halogens is 2. The van der Waals surface area contributed by atoms with E-state index >= 15 is 0 Å². The van der Waals surface area contributed by atoms with Gasteiger partial charge in [0.2, 0.25) is 0 Å². The topological polar surface area (TPSA) is 50.2 Å². The van der Waals surface area contributed by atoms with Crippen LogP contribution in [0, 0.1) is 31.4 Å². The van der Waals surface area contributed by atoms with E-state index in [0.29, 0.717) is 13.1 Å². The number of nitrogens with zero attached hydrogens (tertiary/aromatic N) is 3. The fraction of sp³-hybridized carbons (Fsp3) is 0.444. The first-order valence-corrected chi connectivity index (χ1v) is 8.20. The summed E-state index contributed by atoms with van der Waals surface area (Å²) in [6, 6.07) is 5.05. The van der Waals surface area contributed by atoms with Crippen LogP contribution >= 0.6 is 0 Å². The molecule has 0 saturated heterocycles. The number of amides is 2. The number of carbonyl (C=O) groups is 1. The number of hydrogen-bond acceptors (Lipinski definition) is 2. The van der Waals surface area contributed by atoms with Crippen molar-refractivity contribution in [3.63, 3.8) is 0 Å². The molecule has 0 aliphatic carbocycles. The van der Waals surface area contributed by atoms with E-state index in [2.05, 4.69) is 10.4 Å². The fourth-order valence-electron chi connectivity index (χ4n) is 2.59. The lowest BCUT2D eigenvalue weighted by molar-refractivity contribution is 0.204. The molecule has 25 heavy (non-hydrogen) atoms. The molecule has 1 unspecified atom stereocenters. The molecule has 2 aromatic rings. The maximum absolute atomic E-state index is 13.7. The predicted octanol–water partition coefficient (Wildman–Crippen LogP) is 3.26. The summed E-state index contributed by atoms with van der Waals surface area (Å²) in [6.45, 7) is 7.22. The quantitative estimate of drug-likeness (QED) is 0.869. The van der Waals surface area contributed by atoms with Crippen LogP contribution in [0.2, 0.25) is 0 Å².